The van der Waals surface area contributed by atoms with Crippen molar-refractivity contribution < 1.29 is 14.4 Å². The third-order valence-corrected chi connectivity index (χ3v) is 5.49. The Kier molecular flexibility index (Phi) is 5.96. The Morgan fingerprint density at radius 1 is 0.867 bits per heavy atom. The lowest BCUT2D eigenvalue weighted by atomic mass is 9.98. The van der Waals surface area contributed by atoms with Gasteiger partial charge in [0, 0.05) is 5.56 Å². The number of rotatable bonds is 7. The zero-order valence-electron chi connectivity index (χ0n) is 17.4. The molecule has 0 fully saturated rings. The monoisotopic (exact) mass is 399 g/mol. The third-order valence-electron chi connectivity index (χ3n) is 5.49. The Morgan fingerprint density at radius 2 is 1.57 bits per heavy atom. The van der Waals surface area contributed by atoms with E-state index >= 15 is 0 Å². The van der Waals surface area contributed by atoms with E-state index in [1.54, 1.807) is 0 Å². The smallest absolute Gasteiger partial charge is 0.258 e. The van der Waals surface area contributed by atoms with E-state index in [0.29, 0.717) is 12.3 Å². The fourth-order valence-electron chi connectivity index (χ4n) is 3.85. The van der Waals surface area contributed by atoms with Crippen LogP contribution in [-0.2, 0) is 4.79 Å². The van der Waals surface area contributed by atoms with Crippen LogP contribution in [0, 0.1) is 0 Å². The number of hydrogen-bond acceptors (Lipinski definition) is 2. The minimum Gasteiger partial charge on any atom is -0.484 e. The Morgan fingerprint density at radius 3 is 2.37 bits per heavy atom. The van der Waals surface area contributed by atoms with E-state index in [0.717, 1.165) is 10.8 Å². The zero-order valence-corrected chi connectivity index (χ0v) is 17.4. The van der Waals surface area contributed by atoms with Crippen molar-refractivity contribution in [3.05, 3.63) is 90.5 Å². The van der Waals surface area contributed by atoms with Crippen LogP contribution in [0.2, 0.25) is 0 Å². The molecule has 4 rings (SSSR count). The number of benzene rings is 4. The molecule has 0 aliphatic carbocycles. The minimum absolute atomic E-state index is 0.00333. The second-order valence-corrected chi connectivity index (χ2v) is 7.80. The van der Waals surface area contributed by atoms with Crippen LogP contribution in [0.4, 0.5) is 0 Å². The van der Waals surface area contributed by atoms with E-state index in [1.165, 1.54) is 21.2 Å². The summed E-state index contributed by atoms with van der Waals surface area (Å²) in [5.74, 6) is 0.585. The molecule has 30 heavy (non-hydrogen) atoms. The molecule has 0 heterocycles. The molecule has 0 aromatic heterocycles. The van der Waals surface area contributed by atoms with Crippen LogP contribution >= 0.6 is 0 Å². The van der Waals surface area contributed by atoms with Crippen molar-refractivity contribution in [1.29, 1.82) is 0 Å². The molecule has 0 saturated carbocycles. The van der Waals surface area contributed by atoms with E-state index in [2.05, 4.69) is 67.9 Å². The summed E-state index contributed by atoms with van der Waals surface area (Å²) < 4.78 is 5.73. The number of hydrogen-bond donors (Lipinski definition) is 2. The molecule has 0 aliphatic rings. The lowest BCUT2D eigenvalue weighted by molar-refractivity contribution is -0.890. The molecule has 4 nitrogen and oxygen atoms in total. The van der Waals surface area contributed by atoms with Gasteiger partial charge in [0.1, 0.15) is 11.8 Å². The van der Waals surface area contributed by atoms with Gasteiger partial charge in [0.05, 0.1) is 20.6 Å². The fourth-order valence-corrected chi connectivity index (χ4v) is 3.85. The van der Waals surface area contributed by atoms with E-state index in [9.17, 15) is 4.79 Å². The van der Waals surface area contributed by atoms with Crippen LogP contribution in [0.25, 0.3) is 21.5 Å². The average Bonchev–Trinajstić information content (AvgIpc) is 2.77. The van der Waals surface area contributed by atoms with Crippen LogP contribution in [0.1, 0.15) is 11.6 Å². The number of fused-ring (bicyclic) bond motifs is 2. The standard InChI is InChI=1S/C26H26N2O2/c1-28(2)25(24-13-7-11-20-9-5-6-12-23(20)24)17-27-26(29)18-30-22-15-14-19-8-3-4-10-21(19)16-22/h3-16,25H,17-18H2,1-2H3,(H,27,29)/p+1/t25-/m1/s1. The highest BCUT2D eigenvalue weighted by atomic mass is 16.5. The SMILES string of the molecule is C[NH+](C)[C@H](CNC(=O)COc1ccc2ccccc2c1)c1cccc2ccccc12. The van der Waals surface area contributed by atoms with Gasteiger partial charge in [-0.15, -0.1) is 0 Å². The van der Waals surface area contributed by atoms with Crippen molar-refractivity contribution in [3.63, 3.8) is 0 Å². The topological polar surface area (TPSA) is 42.8 Å². The number of carbonyl (C=O) groups excluding carboxylic acids is 1. The normalized spacial score (nSPS) is 12.2. The van der Waals surface area contributed by atoms with Crippen molar-refractivity contribution in [2.75, 3.05) is 27.2 Å². The maximum Gasteiger partial charge on any atom is 0.258 e. The maximum absolute atomic E-state index is 12.5. The molecule has 0 bridgehead atoms. The van der Waals surface area contributed by atoms with Gasteiger partial charge in [-0.25, -0.2) is 0 Å². The largest absolute Gasteiger partial charge is 0.484 e. The van der Waals surface area contributed by atoms with Crippen LogP contribution in [-0.4, -0.2) is 33.2 Å². The van der Waals surface area contributed by atoms with E-state index in [1.807, 2.05) is 36.4 Å². The van der Waals surface area contributed by atoms with Crippen LogP contribution in [0.5, 0.6) is 5.75 Å². The van der Waals surface area contributed by atoms with E-state index in [-0.39, 0.29) is 18.6 Å². The minimum atomic E-state index is -0.116. The lowest BCUT2D eigenvalue weighted by Gasteiger charge is -2.23. The van der Waals surface area contributed by atoms with Gasteiger partial charge in [-0.1, -0.05) is 72.8 Å². The summed E-state index contributed by atoms with van der Waals surface area (Å²) in [5, 5.41) is 7.75. The predicted molar refractivity (Wildman–Crippen MR) is 122 cm³/mol. The third kappa shape index (κ3) is 4.44. The van der Waals surface area contributed by atoms with Gasteiger partial charge < -0.3 is 15.0 Å². The number of carbonyl (C=O) groups is 1. The van der Waals surface area contributed by atoms with E-state index < -0.39 is 0 Å². The number of quaternary nitrogens is 1. The highest BCUT2D eigenvalue weighted by Crippen LogP contribution is 2.23. The maximum atomic E-state index is 12.5. The van der Waals surface area contributed by atoms with Gasteiger partial charge in [-0.3, -0.25) is 4.79 Å². The first kappa shape index (κ1) is 19.9. The first-order chi connectivity index (χ1) is 14.6. The van der Waals surface area contributed by atoms with Gasteiger partial charge >= 0.3 is 0 Å². The quantitative estimate of drug-likeness (QED) is 0.500. The van der Waals surface area contributed by atoms with Gasteiger partial charge in [-0.05, 0) is 33.7 Å². The molecule has 0 saturated heterocycles. The Labute approximate surface area is 177 Å². The van der Waals surface area contributed by atoms with Crippen molar-refractivity contribution in [3.8, 4) is 5.75 Å². The molecule has 1 atom stereocenters. The molecule has 0 radical (unpaired) electrons. The summed E-state index contributed by atoms with van der Waals surface area (Å²) in [6.07, 6.45) is 0. The van der Waals surface area contributed by atoms with Crippen LogP contribution in [0.15, 0.2) is 84.9 Å². The first-order valence-corrected chi connectivity index (χ1v) is 10.3. The van der Waals surface area contributed by atoms with Crippen molar-refractivity contribution >= 4 is 27.5 Å². The van der Waals surface area contributed by atoms with Gasteiger partial charge in [0.2, 0.25) is 0 Å². The number of likely N-dealkylation sites (N-methyl/N-ethyl adjacent to an activating group) is 1. The number of nitrogens with one attached hydrogen (secondary N) is 2. The second kappa shape index (κ2) is 8.97. The molecular weight excluding hydrogens is 372 g/mol. The van der Waals surface area contributed by atoms with Gasteiger partial charge in [0.15, 0.2) is 6.61 Å². The van der Waals surface area contributed by atoms with Crippen LogP contribution in [0.3, 0.4) is 0 Å². The predicted octanol–water partition coefficient (Wildman–Crippen LogP) is 3.37. The molecule has 0 spiro atoms. The number of amides is 1. The first-order valence-electron chi connectivity index (χ1n) is 10.3. The summed E-state index contributed by atoms with van der Waals surface area (Å²) in [4.78, 5) is 13.7. The number of ether oxygens (including phenoxy) is 1. The Hall–Kier alpha value is -3.37. The summed E-state index contributed by atoms with van der Waals surface area (Å²) in [5.41, 5.74) is 1.24. The van der Waals surface area contributed by atoms with Crippen molar-refractivity contribution in [2.45, 2.75) is 6.04 Å². The molecule has 0 aliphatic heterocycles. The fraction of sp³-hybridized carbons (Fsp3) is 0.192. The molecule has 1 amide bonds. The van der Waals surface area contributed by atoms with Crippen LogP contribution < -0.4 is 15.0 Å². The molecule has 4 heteroatoms. The Balaban J connectivity index is 1.40. The Bertz CT molecular complexity index is 1160. The lowest BCUT2D eigenvalue weighted by Crippen LogP contribution is -3.07. The highest BCUT2D eigenvalue weighted by Gasteiger charge is 2.21. The zero-order chi connectivity index (χ0) is 20.9. The molecule has 4 aromatic rings. The van der Waals surface area contributed by atoms with Gasteiger partial charge in [0.25, 0.3) is 5.91 Å². The molecule has 2 N–H and O–H groups in total. The summed E-state index contributed by atoms with van der Waals surface area (Å²) in [6, 6.07) is 28.9. The summed E-state index contributed by atoms with van der Waals surface area (Å²) in [7, 11) is 4.23. The van der Waals surface area contributed by atoms with Crippen molar-refractivity contribution in [2.24, 2.45) is 0 Å². The molecule has 152 valence electrons. The summed E-state index contributed by atoms with van der Waals surface area (Å²) >= 11 is 0. The van der Waals surface area contributed by atoms with E-state index in [4.69, 9.17) is 4.74 Å². The summed E-state index contributed by atoms with van der Waals surface area (Å²) in [6.45, 7) is 0.555. The van der Waals surface area contributed by atoms with Gasteiger partial charge in [-0.2, -0.15) is 0 Å². The van der Waals surface area contributed by atoms with Crippen molar-refractivity contribution in [1.82, 2.24) is 5.32 Å². The average molecular weight is 400 g/mol. The molecular formula is C26H27N2O2+. The molecule has 4 aromatic carbocycles. The second-order valence-electron chi connectivity index (χ2n) is 7.80. The highest BCUT2D eigenvalue weighted by molar-refractivity contribution is 5.86. The molecule has 0 unspecified atom stereocenters.